The zero-order valence-corrected chi connectivity index (χ0v) is 15.9. The lowest BCUT2D eigenvalue weighted by molar-refractivity contribution is 0.355. The number of aromatic nitrogens is 2. The highest BCUT2D eigenvalue weighted by molar-refractivity contribution is 7.98. The van der Waals surface area contributed by atoms with Gasteiger partial charge in [0.2, 0.25) is 0 Å². The summed E-state index contributed by atoms with van der Waals surface area (Å²) in [6, 6.07) is 12.9. The van der Waals surface area contributed by atoms with Gasteiger partial charge in [0.15, 0.2) is 16.5 Å². The van der Waals surface area contributed by atoms with E-state index in [1.54, 1.807) is 44.8 Å². The van der Waals surface area contributed by atoms with Gasteiger partial charge in [-0.25, -0.2) is 4.98 Å². The number of rotatable bonds is 6. The van der Waals surface area contributed by atoms with Gasteiger partial charge >= 0.3 is 0 Å². The predicted octanol–water partition coefficient (Wildman–Crippen LogP) is 4.20. The molecule has 0 aliphatic rings. The summed E-state index contributed by atoms with van der Waals surface area (Å²) in [4.78, 5) is 17.0. The Balaban J connectivity index is 1.90. The molecule has 0 radical (unpaired) electrons. The van der Waals surface area contributed by atoms with Crippen molar-refractivity contribution in [3.63, 3.8) is 0 Å². The molecule has 0 saturated heterocycles. The Morgan fingerprint density at radius 3 is 2.62 bits per heavy atom. The maximum absolute atomic E-state index is 12.8. The number of thioether (sulfide) groups is 1. The Hall–Kier alpha value is -2.44. The van der Waals surface area contributed by atoms with E-state index in [0.29, 0.717) is 33.0 Å². The number of halogens is 1. The zero-order valence-electron chi connectivity index (χ0n) is 14.3. The number of methoxy groups -OCH3 is 2. The van der Waals surface area contributed by atoms with Crippen LogP contribution in [0.4, 0.5) is 0 Å². The Labute approximate surface area is 160 Å². The first-order valence-corrected chi connectivity index (χ1v) is 9.16. The molecule has 0 atom stereocenters. The van der Waals surface area contributed by atoms with E-state index < -0.39 is 0 Å². The van der Waals surface area contributed by atoms with Crippen molar-refractivity contribution >= 4 is 23.4 Å². The first-order chi connectivity index (χ1) is 12.6. The van der Waals surface area contributed by atoms with Crippen molar-refractivity contribution in [1.29, 1.82) is 0 Å². The number of benzene rings is 2. The predicted molar refractivity (Wildman–Crippen MR) is 104 cm³/mol. The Morgan fingerprint density at radius 2 is 1.88 bits per heavy atom. The highest BCUT2D eigenvalue weighted by Gasteiger charge is 2.11. The van der Waals surface area contributed by atoms with Gasteiger partial charge in [-0.15, -0.1) is 0 Å². The molecule has 0 saturated carbocycles. The molecule has 7 heteroatoms. The normalized spacial score (nSPS) is 10.6. The average Bonchev–Trinajstić information content (AvgIpc) is 2.67. The van der Waals surface area contributed by atoms with Crippen LogP contribution >= 0.6 is 23.4 Å². The van der Waals surface area contributed by atoms with E-state index >= 15 is 0 Å². The fourth-order valence-electron chi connectivity index (χ4n) is 2.43. The molecule has 0 spiro atoms. The fourth-order valence-corrected chi connectivity index (χ4v) is 3.62. The summed E-state index contributed by atoms with van der Waals surface area (Å²) in [5.41, 5.74) is 1.44. The summed E-state index contributed by atoms with van der Waals surface area (Å²) in [6.45, 7) is 0. The van der Waals surface area contributed by atoms with Crippen molar-refractivity contribution in [2.75, 3.05) is 14.2 Å². The molecule has 1 heterocycles. The van der Waals surface area contributed by atoms with Crippen molar-refractivity contribution in [2.24, 2.45) is 0 Å². The summed E-state index contributed by atoms with van der Waals surface area (Å²) in [7, 11) is 3.13. The molecule has 2 aromatic carbocycles. The molecule has 0 fully saturated rings. The van der Waals surface area contributed by atoms with Gasteiger partial charge in [0, 0.05) is 29.2 Å². The van der Waals surface area contributed by atoms with E-state index in [0.717, 1.165) is 5.56 Å². The molecule has 0 amide bonds. The summed E-state index contributed by atoms with van der Waals surface area (Å²) in [5, 5.41) is 1.08. The molecule has 0 bridgehead atoms. The highest BCUT2D eigenvalue weighted by Crippen LogP contribution is 2.29. The van der Waals surface area contributed by atoms with Crippen molar-refractivity contribution in [3.05, 3.63) is 75.8 Å². The number of hydrogen-bond acceptors (Lipinski definition) is 5. The number of hydrogen-bond donors (Lipinski definition) is 0. The van der Waals surface area contributed by atoms with E-state index in [2.05, 4.69) is 4.98 Å². The Kier molecular flexibility index (Phi) is 5.85. The van der Waals surface area contributed by atoms with Gasteiger partial charge < -0.3 is 9.47 Å². The van der Waals surface area contributed by atoms with Gasteiger partial charge in [-0.2, -0.15) is 0 Å². The Bertz CT molecular complexity index is 975. The lowest BCUT2D eigenvalue weighted by Gasteiger charge is -2.11. The minimum absolute atomic E-state index is 0.197. The van der Waals surface area contributed by atoms with Crippen molar-refractivity contribution in [2.45, 2.75) is 10.8 Å². The van der Waals surface area contributed by atoms with Crippen LogP contribution < -0.4 is 15.0 Å². The molecular weight excluding hydrogens is 372 g/mol. The molecule has 0 N–H and O–H groups in total. The van der Waals surface area contributed by atoms with E-state index in [1.807, 2.05) is 24.3 Å². The van der Waals surface area contributed by atoms with Gasteiger partial charge in [-0.05, 0) is 23.8 Å². The summed E-state index contributed by atoms with van der Waals surface area (Å²) in [6.07, 6.45) is 3.23. The van der Waals surface area contributed by atoms with Gasteiger partial charge in [0.1, 0.15) is 0 Å². The lowest BCUT2D eigenvalue weighted by atomic mass is 10.2. The number of nitrogens with zero attached hydrogens (tertiary/aromatic N) is 2. The van der Waals surface area contributed by atoms with Crippen LogP contribution in [0.25, 0.3) is 5.69 Å². The number of ether oxygens (including phenoxy) is 2. The Morgan fingerprint density at radius 1 is 1.12 bits per heavy atom. The average molecular weight is 389 g/mol. The van der Waals surface area contributed by atoms with Crippen LogP contribution in [-0.4, -0.2) is 23.8 Å². The van der Waals surface area contributed by atoms with Crippen LogP contribution in [0.2, 0.25) is 5.02 Å². The molecule has 134 valence electrons. The summed E-state index contributed by atoms with van der Waals surface area (Å²) in [5.74, 6) is 1.73. The topological polar surface area (TPSA) is 53.4 Å². The van der Waals surface area contributed by atoms with Gasteiger partial charge in [0.05, 0.1) is 19.9 Å². The van der Waals surface area contributed by atoms with E-state index in [1.165, 1.54) is 16.3 Å². The van der Waals surface area contributed by atoms with Crippen molar-refractivity contribution in [1.82, 2.24) is 9.55 Å². The molecule has 3 rings (SSSR count). The second-order valence-electron chi connectivity index (χ2n) is 5.33. The van der Waals surface area contributed by atoms with Crippen LogP contribution in [0.3, 0.4) is 0 Å². The zero-order chi connectivity index (χ0) is 18.5. The first-order valence-electron chi connectivity index (χ1n) is 7.80. The van der Waals surface area contributed by atoms with Gasteiger partial charge in [0.25, 0.3) is 5.56 Å². The highest BCUT2D eigenvalue weighted by atomic mass is 35.5. The minimum Gasteiger partial charge on any atom is -0.493 e. The SMILES string of the molecule is COc1ccc(-n2ccnc(SCc3ccccc3Cl)c2=O)cc1OC. The molecule has 3 aromatic rings. The third-order valence-electron chi connectivity index (χ3n) is 3.78. The van der Waals surface area contributed by atoms with E-state index in [-0.39, 0.29) is 5.56 Å². The van der Waals surface area contributed by atoms with Gasteiger partial charge in [-0.1, -0.05) is 41.6 Å². The van der Waals surface area contributed by atoms with Crippen LogP contribution in [0, 0.1) is 0 Å². The lowest BCUT2D eigenvalue weighted by Crippen LogP contribution is -2.20. The minimum atomic E-state index is -0.197. The van der Waals surface area contributed by atoms with Crippen molar-refractivity contribution in [3.8, 4) is 17.2 Å². The van der Waals surface area contributed by atoms with Crippen LogP contribution in [-0.2, 0) is 5.75 Å². The van der Waals surface area contributed by atoms with Crippen LogP contribution in [0.5, 0.6) is 11.5 Å². The van der Waals surface area contributed by atoms with E-state index in [9.17, 15) is 4.79 Å². The second kappa shape index (κ2) is 8.29. The third kappa shape index (κ3) is 3.86. The third-order valence-corrected chi connectivity index (χ3v) is 5.15. The monoisotopic (exact) mass is 388 g/mol. The van der Waals surface area contributed by atoms with Crippen LogP contribution in [0.15, 0.2) is 64.7 Å². The summed E-state index contributed by atoms with van der Waals surface area (Å²) >= 11 is 7.53. The quantitative estimate of drug-likeness (QED) is 0.592. The molecule has 0 unspecified atom stereocenters. The maximum atomic E-state index is 12.8. The largest absolute Gasteiger partial charge is 0.493 e. The fraction of sp³-hybridized carbons (Fsp3) is 0.158. The molecule has 1 aromatic heterocycles. The molecular formula is C19H17ClN2O3S. The van der Waals surface area contributed by atoms with Crippen LogP contribution in [0.1, 0.15) is 5.56 Å². The van der Waals surface area contributed by atoms with E-state index in [4.69, 9.17) is 21.1 Å². The second-order valence-corrected chi connectivity index (χ2v) is 6.70. The molecule has 5 nitrogen and oxygen atoms in total. The molecule has 0 aliphatic heterocycles. The summed E-state index contributed by atoms with van der Waals surface area (Å²) < 4.78 is 12.1. The van der Waals surface area contributed by atoms with Crippen molar-refractivity contribution < 1.29 is 9.47 Å². The molecule has 26 heavy (non-hydrogen) atoms. The molecule has 0 aliphatic carbocycles. The van der Waals surface area contributed by atoms with Gasteiger partial charge in [-0.3, -0.25) is 9.36 Å². The first kappa shape index (κ1) is 18.4. The standard InChI is InChI=1S/C19H17ClN2O3S/c1-24-16-8-7-14(11-17(16)25-2)22-10-9-21-18(19(22)23)26-12-13-5-3-4-6-15(13)20/h3-11H,12H2,1-2H3. The maximum Gasteiger partial charge on any atom is 0.287 e. The smallest absolute Gasteiger partial charge is 0.287 e.